The predicted molar refractivity (Wildman–Crippen MR) is 317 cm³/mol. The van der Waals surface area contributed by atoms with Crippen LogP contribution in [0.4, 0.5) is 0 Å². The average Bonchev–Trinajstić information content (AvgIpc) is 4.14. The molecule has 0 saturated carbocycles. The molecule has 12 aromatic carbocycles. The Morgan fingerprint density at radius 3 is 0.667 bits per heavy atom. The van der Waals surface area contributed by atoms with Gasteiger partial charge in [-0.2, -0.15) is 0 Å². The van der Waals surface area contributed by atoms with Gasteiger partial charge in [-0.25, -0.2) is 0 Å². The van der Waals surface area contributed by atoms with Crippen LogP contribution in [-0.4, -0.2) is 13.7 Å². The summed E-state index contributed by atoms with van der Waals surface area (Å²) >= 11 is 0. The molecule has 0 aliphatic heterocycles. The van der Waals surface area contributed by atoms with Gasteiger partial charge in [0.05, 0.1) is 33.1 Å². The standard InChI is InChI=1S/C72H47N3/c1-2-12-48(13-3-1)51-30-38-60(39-31-51)75-71-44-36-56(54-26-22-49(23-27-54)52-32-40-58(41-33-52)73-67-18-8-4-14-61(67)62-15-5-9-19-68(62)73)46-65(71)66-47-57(37-45-72(66)75)55-28-24-50(25-29-55)53-34-42-59(43-35-53)74-69-20-10-6-16-63(69)64-17-7-11-21-70(64)74/h1-47H. The number of benzene rings is 12. The highest BCUT2D eigenvalue weighted by molar-refractivity contribution is 6.13. The predicted octanol–water partition coefficient (Wildman–Crippen LogP) is 19.3. The van der Waals surface area contributed by atoms with E-state index in [0.29, 0.717) is 0 Å². The smallest absolute Gasteiger partial charge is 0.0541 e. The lowest BCUT2D eigenvalue weighted by atomic mass is 9.97. The number of rotatable bonds is 8. The Kier molecular flexibility index (Phi) is 9.89. The largest absolute Gasteiger partial charge is 0.309 e. The SMILES string of the molecule is c1ccc(-c2ccc(-n3c4ccc(-c5ccc(-c6ccc(-n7c8ccccc8c8ccccc87)cc6)cc5)cc4c4cc(-c5ccc(-c6ccc(-n7c8ccccc8c8ccccc87)cc6)cc5)ccc43)cc2)cc1. The molecular formula is C72H47N3. The van der Waals surface area contributed by atoms with Gasteiger partial charge in [-0.1, -0.05) is 200 Å². The molecule has 0 bridgehead atoms. The third kappa shape index (κ3) is 7.12. The third-order valence-corrected chi connectivity index (χ3v) is 15.5. The van der Waals surface area contributed by atoms with Crippen molar-refractivity contribution in [3.05, 3.63) is 285 Å². The van der Waals surface area contributed by atoms with Crippen molar-refractivity contribution in [1.82, 2.24) is 13.7 Å². The molecule has 0 fully saturated rings. The van der Waals surface area contributed by atoms with Crippen molar-refractivity contribution < 1.29 is 0 Å². The van der Waals surface area contributed by atoms with Gasteiger partial charge in [0.15, 0.2) is 0 Å². The molecule has 3 nitrogen and oxygen atoms in total. The van der Waals surface area contributed by atoms with Gasteiger partial charge in [0.1, 0.15) is 0 Å². The zero-order valence-corrected chi connectivity index (χ0v) is 41.0. The number of hydrogen-bond donors (Lipinski definition) is 0. The number of fused-ring (bicyclic) bond motifs is 9. The lowest BCUT2D eigenvalue weighted by Gasteiger charge is -2.11. The van der Waals surface area contributed by atoms with E-state index in [9.17, 15) is 0 Å². The molecule has 0 atom stereocenters. The molecular weight excluding hydrogens is 907 g/mol. The molecule has 75 heavy (non-hydrogen) atoms. The Balaban J connectivity index is 0.765. The lowest BCUT2D eigenvalue weighted by molar-refractivity contribution is 1.18. The third-order valence-electron chi connectivity index (χ3n) is 15.5. The fourth-order valence-corrected chi connectivity index (χ4v) is 11.8. The van der Waals surface area contributed by atoms with Gasteiger partial charge >= 0.3 is 0 Å². The summed E-state index contributed by atoms with van der Waals surface area (Å²) in [5.41, 5.74) is 22.6. The molecule has 0 aliphatic carbocycles. The maximum Gasteiger partial charge on any atom is 0.0541 e. The van der Waals surface area contributed by atoms with E-state index in [1.165, 1.54) is 121 Å². The summed E-state index contributed by atoms with van der Waals surface area (Å²) in [6.07, 6.45) is 0. The number of nitrogens with zero attached hydrogens (tertiary/aromatic N) is 3. The number of hydrogen-bond acceptors (Lipinski definition) is 0. The minimum absolute atomic E-state index is 1.14. The minimum atomic E-state index is 1.14. The van der Waals surface area contributed by atoms with Crippen LogP contribution in [0.5, 0.6) is 0 Å². The Bertz CT molecular complexity index is 4270. The Hall–Kier alpha value is -9.96. The van der Waals surface area contributed by atoms with E-state index in [-0.39, 0.29) is 0 Å². The van der Waals surface area contributed by atoms with Crippen LogP contribution < -0.4 is 0 Å². The fourth-order valence-electron chi connectivity index (χ4n) is 11.8. The molecule has 350 valence electrons. The molecule has 0 spiro atoms. The highest BCUT2D eigenvalue weighted by Crippen LogP contribution is 2.40. The summed E-state index contributed by atoms with van der Waals surface area (Å²) in [5.74, 6) is 0. The summed E-state index contributed by atoms with van der Waals surface area (Å²) in [7, 11) is 0. The average molecular weight is 954 g/mol. The first-order chi connectivity index (χ1) is 37.2. The van der Waals surface area contributed by atoms with Gasteiger partial charge in [-0.3, -0.25) is 0 Å². The van der Waals surface area contributed by atoms with Crippen LogP contribution in [0, 0.1) is 0 Å². The second kappa shape index (κ2) is 17.4. The van der Waals surface area contributed by atoms with Crippen LogP contribution in [0.1, 0.15) is 0 Å². The van der Waals surface area contributed by atoms with Gasteiger partial charge < -0.3 is 13.7 Å². The molecule has 0 radical (unpaired) electrons. The Labute approximate surface area is 434 Å². The maximum atomic E-state index is 2.42. The van der Waals surface area contributed by atoms with Crippen molar-refractivity contribution in [3.63, 3.8) is 0 Å². The van der Waals surface area contributed by atoms with Crippen molar-refractivity contribution in [1.29, 1.82) is 0 Å². The van der Waals surface area contributed by atoms with E-state index >= 15 is 0 Å². The van der Waals surface area contributed by atoms with Gasteiger partial charge in [0.25, 0.3) is 0 Å². The molecule has 0 N–H and O–H groups in total. The monoisotopic (exact) mass is 953 g/mol. The van der Waals surface area contributed by atoms with Gasteiger partial charge in [-0.05, 0) is 141 Å². The molecule has 0 saturated heterocycles. The van der Waals surface area contributed by atoms with E-state index in [0.717, 1.165) is 17.1 Å². The summed E-state index contributed by atoms with van der Waals surface area (Å²) in [6, 6.07) is 104. The zero-order chi connectivity index (χ0) is 49.4. The summed E-state index contributed by atoms with van der Waals surface area (Å²) in [4.78, 5) is 0. The molecule has 3 aromatic heterocycles. The van der Waals surface area contributed by atoms with E-state index < -0.39 is 0 Å². The minimum Gasteiger partial charge on any atom is -0.309 e. The van der Waals surface area contributed by atoms with Crippen molar-refractivity contribution in [2.75, 3.05) is 0 Å². The molecule has 3 heteroatoms. The van der Waals surface area contributed by atoms with Crippen LogP contribution in [0.25, 0.3) is 138 Å². The Morgan fingerprint density at radius 1 is 0.147 bits per heavy atom. The molecule has 15 aromatic rings. The number of aromatic nitrogens is 3. The second-order valence-corrected chi connectivity index (χ2v) is 19.7. The van der Waals surface area contributed by atoms with Crippen molar-refractivity contribution >= 4 is 65.4 Å². The van der Waals surface area contributed by atoms with Crippen LogP contribution in [0.2, 0.25) is 0 Å². The first kappa shape index (κ1) is 42.7. The highest BCUT2D eigenvalue weighted by atomic mass is 15.0. The zero-order valence-electron chi connectivity index (χ0n) is 41.0. The van der Waals surface area contributed by atoms with Gasteiger partial charge in [0, 0.05) is 49.4 Å². The van der Waals surface area contributed by atoms with Gasteiger partial charge in [-0.15, -0.1) is 0 Å². The van der Waals surface area contributed by atoms with Crippen molar-refractivity contribution in [2.24, 2.45) is 0 Å². The van der Waals surface area contributed by atoms with E-state index in [1.54, 1.807) is 0 Å². The van der Waals surface area contributed by atoms with Crippen molar-refractivity contribution in [2.45, 2.75) is 0 Å². The quantitative estimate of drug-likeness (QED) is 0.144. The van der Waals surface area contributed by atoms with Crippen LogP contribution >= 0.6 is 0 Å². The van der Waals surface area contributed by atoms with Crippen molar-refractivity contribution in [3.8, 4) is 72.7 Å². The first-order valence-corrected chi connectivity index (χ1v) is 25.8. The van der Waals surface area contributed by atoms with Crippen LogP contribution in [-0.2, 0) is 0 Å². The van der Waals surface area contributed by atoms with E-state index in [4.69, 9.17) is 0 Å². The topological polar surface area (TPSA) is 14.8 Å². The molecule has 0 amide bonds. The maximum absolute atomic E-state index is 2.42. The summed E-state index contributed by atoms with van der Waals surface area (Å²) < 4.78 is 7.17. The molecule has 3 heterocycles. The molecule has 0 aliphatic rings. The first-order valence-electron chi connectivity index (χ1n) is 25.8. The normalized spacial score (nSPS) is 11.7. The summed E-state index contributed by atoms with van der Waals surface area (Å²) in [5, 5.41) is 7.54. The Morgan fingerprint density at radius 2 is 0.360 bits per heavy atom. The summed E-state index contributed by atoms with van der Waals surface area (Å²) in [6.45, 7) is 0. The fraction of sp³-hybridized carbons (Fsp3) is 0. The van der Waals surface area contributed by atoms with Crippen LogP contribution in [0.15, 0.2) is 285 Å². The molecule has 0 unspecified atom stereocenters. The van der Waals surface area contributed by atoms with Crippen LogP contribution in [0.3, 0.4) is 0 Å². The van der Waals surface area contributed by atoms with E-state index in [2.05, 4.69) is 299 Å². The number of para-hydroxylation sites is 4. The molecule has 15 rings (SSSR count). The highest BCUT2D eigenvalue weighted by Gasteiger charge is 2.17. The lowest BCUT2D eigenvalue weighted by Crippen LogP contribution is -1.94. The van der Waals surface area contributed by atoms with Gasteiger partial charge in [0.2, 0.25) is 0 Å². The second-order valence-electron chi connectivity index (χ2n) is 19.7. The van der Waals surface area contributed by atoms with E-state index in [1.807, 2.05) is 0 Å².